The Morgan fingerprint density at radius 2 is 2.05 bits per heavy atom. The van der Waals surface area contributed by atoms with Crippen molar-refractivity contribution in [3.05, 3.63) is 65.5 Å². The number of aryl methyl sites for hydroxylation is 1. The summed E-state index contributed by atoms with van der Waals surface area (Å²) < 4.78 is 9.12. The number of anilines is 1. The number of aromatic nitrogens is 4. The molecule has 5 rings (SSSR count). The van der Waals surface area contributed by atoms with Gasteiger partial charge >= 0.3 is 0 Å². The van der Waals surface area contributed by atoms with Crippen LogP contribution in [0.5, 0.6) is 0 Å². The molecule has 10 nitrogen and oxygen atoms in total. The minimum atomic E-state index is -0.640. The molecule has 2 aliphatic rings. The van der Waals surface area contributed by atoms with Gasteiger partial charge in [0.25, 0.3) is 5.91 Å². The van der Waals surface area contributed by atoms with E-state index in [1.165, 1.54) is 32.3 Å². The zero-order valence-electron chi connectivity index (χ0n) is 21.1. The number of rotatable bonds is 6. The van der Waals surface area contributed by atoms with Crippen LogP contribution in [0.3, 0.4) is 0 Å². The summed E-state index contributed by atoms with van der Waals surface area (Å²) in [5.74, 6) is 6.72. The van der Waals surface area contributed by atoms with E-state index >= 15 is 0 Å². The van der Waals surface area contributed by atoms with Gasteiger partial charge in [-0.3, -0.25) is 9.59 Å². The predicted molar refractivity (Wildman–Crippen MR) is 140 cm³/mol. The highest BCUT2D eigenvalue weighted by molar-refractivity contribution is 6.00. The minimum Gasteiger partial charge on any atom is -0.503 e. The van der Waals surface area contributed by atoms with Crippen molar-refractivity contribution in [2.75, 3.05) is 26.0 Å². The van der Waals surface area contributed by atoms with Crippen LogP contribution in [0, 0.1) is 18.8 Å². The van der Waals surface area contributed by atoms with E-state index in [2.05, 4.69) is 33.4 Å². The minimum absolute atomic E-state index is 0.204. The number of carbonyl (C=O) groups excluding carboxylic acids is 2. The number of nitrogens with one attached hydrogen (secondary N) is 1. The molecule has 2 amide bonds. The van der Waals surface area contributed by atoms with Gasteiger partial charge in [-0.1, -0.05) is 12.5 Å². The van der Waals surface area contributed by atoms with Crippen LogP contribution in [0.2, 0.25) is 0 Å². The van der Waals surface area contributed by atoms with E-state index in [9.17, 15) is 9.59 Å². The van der Waals surface area contributed by atoms with E-state index in [1.54, 1.807) is 16.6 Å². The summed E-state index contributed by atoms with van der Waals surface area (Å²) in [7, 11) is 3.22. The van der Waals surface area contributed by atoms with E-state index in [0.717, 1.165) is 22.4 Å². The van der Waals surface area contributed by atoms with Gasteiger partial charge in [0.05, 0.1) is 29.9 Å². The molecule has 0 bridgehead atoms. The lowest BCUT2D eigenvalue weighted by Crippen LogP contribution is -2.27. The lowest BCUT2D eigenvalue weighted by molar-refractivity contribution is -0.123. The second-order valence-corrected chi connectivity index (χ2v) is 9.20. The Kier molecular flexibility index (Phi) is 6.21. The number of ether oxygens (including phenoxy) is 1. The Bertz CT molecular complexity index is 1510. The number of amides is 2. The summed E-state index contributed by atoms with van der Waals surface area (Å²) in [6.45, 7) is 5.94. The lowest BCUT2D eigenvalue weighted by Gasteiger charge is -2.16. The number of likely N-dealkylation sites (tertiary alicyclic amines) is 1. The number of hydrogen-bond donors (Lipinski definition) is 2. The number of primary amides is 1. The van der Waals surface area contributed by atoms with Crippen LogP contribution >= 0.6 is 0 Å². The van der Waals surface area contributed by atoms with E-state index in [0.29, 0.717) is 30.5 Å². The maximum Gasteiger partial charge on any atom is 0.255 e. The molecule has 3 aromatic rings. The highest BCUT2D eigenvalue weighted by Gasteiger charge is 2.35. The number of carbonyl (C=O) groups is 2. The number of nitrogens with zero attached hydrogens (tertiary/aromatic N) is 5. The topological polar surface area (TPSA) is 120 Å². The first-order valence-electron chi connectivity index (χ1n) is 12.1. The van der Waals surface area contributed by atoms with Gasteiger partial charge in [-0.25, -0.2) is 9.67 Å². The fraction of sp³-hybridized carbons (Fsp3) is 0.333. The highest BCUT2D eigenvalue weighted by Crippen LogP contribution is 2.38. The molecular weight excluding hydrogens is 470 g/mol. The standard InChI is InChI=1S/C27H29N7O3/c1-5-24(35)32-14-19(13-20(32)15-37-4)34-27(29-3)25(26(28)36)21(31-34)10-6-17-7-11-23-22(12-17)30-16(2)33(23)18-8-9-18/h5,7,11-12,15,18-19,29H,1,8-9,13-14H2,2-4H3,(H2,28,36)/b20-15+/t19-/m0/s1. The molecule has 2 aromatic heterocycles. The van der Waals surface area contributed by atoms with Crippen molar-refractivity contribution in [2.24, 2.45) is 5.73 Å². The van der Waals surface area contributed by atoms with Crippen LogP contribution in [0.15, 0.2) is 42.8 Å². The summed E-state index contributed by atoms with van der Waals surface area (Å²) in [6.07, 6.45) is 5.62. The van der Waals surface area contributed by atoms with Gasteiger partial charge in [-0.2, -0.15) is 5.10 Å². The molecule has 37 heavy (non-hydrogen) atoms. The second kappa shape index (κ2) is 9.50. The van der Waals surface area contributed by atoms with Gasteiger partial charge in [0.1, 0.15) is 23.5 Å². The Balaban J connectivity index is 1.51. The molecule has 3 N–H and O–H groups in total. The van der Waals surface area contributed by atoms with Gasteiger partial charge in [0.15, 0.2) is 5.69 Å². The van der Waals surface area contributed by atoms with Gasteiger partial charge in [-0.15, -0.1) is 0 Å². The number of benzene rings is 1. The summed E-state index contributed by atoms with van der Waals surface area (Å²) in [6, 6.07) is 6.22. The van der Waals surface area contributed by atoms with Crippen molar-refractivity contribution < 1.29 is 14.3 Å². The van der Waals surface area contributed by atoms with Crippen molar-refractivity contribution in [3.8, 4) is 11.8 Å². The predicted octanol–water partition coefficient (Wildman–Crippen LogP) is 2.86. The van der Waals surface area contributed by atoms with E-state index in [4.69, 9.17) is 15.5 Å². The van der Waals surface area contributed by atoms with Crippen LogP contribution < -0.4 is 11.1 Å². The number of allylic oxidation sites excluding steroid dienone is 1. The maximum atomic E-state index is 12.5. The first-order valence-corrected chi connectivity index (χ1v) is 12.1. The molecule has 1 aromatic carbocycles. The zero-order chi connectivity index (χ0) is 26.3. The Labute approximate surface area is 214 Å². The van der Waals surface area contributed by atoms with Crippen LogP contribution in [0.4, 0.5) is 5.82 Å². The van der Waals surface area contributed by atoms with Gasteiger partial charge in [0.2, 0.25) is 5.91 Å². The quantitative estimate of drug-likeness (QED) is 0.306. The van der Waals surface area contributed by atoms with Gasteiger partial charge in [-0.05, 0) is 50.0 Å². The molecule has 2 fully saturated rings. The highest BCUT2D eigenvalue weighted by atomic mass is 16.5. The molecule has 190 valence electrons. The molecule has 1 saturated heterocycles. The molecule has 10 heteroatoms. The van der Waals surface area contributed by atoms with Crippen LogP contribution in [-0.2, 0) is 9.53 Å². The normalized spacial score (nSPS) is 18.1. The van der Waals surface area contributed by atoms with Crippen molar-refractivity contribution in [2.45, 2.75) is 38.3 Å². The Hall–Kier alpha value is -4.52. The van der Waals surface area contributed by atoms with E-state index in [-0.39, 0.29) is 23.2 Å². The Morgan fingerprint density at radius 3 is 2.70 bits per heavy atom. The average molecular weight is 500 g/mol. The number of fused-ring (bicyclic) bond motifs is 1. The third-order valence-corrected chi connectivity index (χ3v) is 6.72. The lowest BCUT2D eigenvalue weighted by atomic mass is 10.1. The van der Waals surface area contributed by atoms with E-state index in [1.807, 2.05) is 25.1 Å². The fourth-order valence-electron chi connectivity index (χ4n) is 4.98. The first kappa shape index (κ1) is 24.2. The third kappa shape index (κ3) is 4.33. The first-order chi connectivity index (χ1) is 17.9. The number of imidazole rings is 1. The summed E-state index contributed by atoms with van der Waals surface area (Å²) in [5, 5.41) is 7.69. The molecule has 0 spiro atoms. The van der Waals surface area contributed by atoms with Crippen LogP contribution in [-0.4, -0.2) is 56.7 Å². The monoisotopic (exact) mass is 499 g/mol. The SMILES string of the molecule is C=CC(=O)N1C[C@@H](n2nc(C#Cc3ccc4c(c3)nc(C)n4C3CC3)c(C(N)=O)c2NC)C/C1=C\OC. The van der Waals surface area contributed by atoms with Crippen molar-refractivity contribution in [3.63, 3.8) is 0 Å². The molecule has 0 radical (unpaired) electrons. The average Bonchev–Trinajstić information content (AvgIpc) is 3.37. The smallest absolute Gasteiger partial charge is 0.255 e. The maximum absolute atomic E-state index is 12.5. The summed E-state index contributed by atoms with van der Waals surface area (Å²) in [4.78, 5) is 31.1. The Morgan fingerprint density at radius 1 is 1.27 bits per heavy atom. The van der Waals surface area contributed by atoms with Gasteiger partial charge in [0, 0.05) is 31.6 Å². The van der Waals surface area contributed by atoms with Crippen molar-refractivity contribution in [1.82, 2.24) is 24.2 Å². The number of methoxy groups -OCH3 is 1. The van der Waals surface area contributed by atoms with Gasteiger partial charge < -0.3 is 25.3 Å². The molecule has 3 heterocycles. The third-order valence-electron chi connectivity index (χ3n) is 6.72. The summed E-state index contributed by atoms with van der Waals surface area (Å²) in [5.41, 5.74) is 9.67. The zero-order valence-corrected chi connectivity index (χ0v) is 21.1. The molecule has 1 atom stereocenters. The largest absolute Gasteiger partial charge is 0.503 e. The second-order valence-electron chi connectivity index (χ2n) is 9.20. The summed E-state index contributed by atoms with van der Waals surface area (Å²) >= 11 is 0. The molecule has 0 unspecified atom stereocenters. The van der Waals surface area contributed by atoms with Crippen molar-refractivity contribution >= 4 is 28.7 Å². The van der Waals surface area contributed by atoms with E-state index < -0.39 is 5.91 Å². The molecule has 1 aliphatic heterocycles. The number of nitrogens with two attached hydrogens (primary N) is 1. The van der Waals surface area contributed by atoms with Crippen LogP contribution in [0.25, 0.3) is 11.0 Å². The van der Waals surface area contributed by atoms with Crippen LogP contribution in [0.1, 0.15) is 58.8 Å². The molecule has 1 saturated carbocycles. The van der Waals surface area contributed by atoms with Crippen molar-refractivity contribution in [1.29, 1.82) is 0 Å². The number of hydrogen-bond acceptors (Lipinski definition) is 6. The fourth-order valence-corrected chi connectivity index (χ4v) is 4.98. The molecular formula is C27H29N7O3. The molecule has 1 aliphatic carbocycles.